The Kier molecular flexibility index (Phi) is 3.69. The molecule has 0 bridgehead atoms. The van der Waals surface area contributed by atoms with Crippen molar-refractivity contribution < 1.29 is 14.3 Å². The average Bonchev–Trinajstić information content (AvgIpc) is 3.29. The number of rotatable bonds is 4. The summed E-state index contributed by atoms with van der Waals surface area (Å²) in [5.41, 5.74) is 5.54. The van der Waals surface area contributed by atoms with Gasteiger partial charge in [-0.05, 0) is 43.0 Å². The summed E-state index contributed by atoms with van der Waals surface area (Å²) in [5.74, 6) is 1.75. The van der Waals surface area contributed by atoms with Gasteiger partial charge in [-0.25, -0.2) is 5.43 Å². The van der Waals surface area contributed by atoms with Crippen LogP contribution in [0.2, 0.25) is 0 Å². The van der Waals surface area contributed by atoms with Gasteiger partial charge in [0.05, 0.1) is 5.71 Å². The first-order chi connectivity index (χ1) is 11.7. The van der Waals surface area contributed by atoms with Gasteiger partial charge in [0, 0.05) is 11.5 Å². The third-order valence-corrected chi connectivity index (χ3v) is 4.48. The smallest absolute Gasteiger partial charge is 0.243 e. The van der Waals surface area contributed by atoms with Crippen molar-refractivity contribution in [2.75, 3.05) is 6.79 Å². The van der Waals surface area contributed by atoms with Gasteiger partial charge in [-0.15, -0.1) is 0 Å². The summed E-state index contributed by atoms with van der Waals surface area (Å²) < 4.78 is 10.7. The fourth-order valence-electron chi connectivity index (χ4n) is 2.96. The summed E-state index contributed by atoms with van der Waals surface area (Å²) in [5, 5.41) is 4.23. The van der Waals surface area contributed by atoms with Gasteiger partial charge in [-0.1, -0.05) is 30.3 Å². The van der Waals surface area contributed by atoms with Crippen molar-refractivity contribution in [2.45, 2.75) is 19.3 Å². The Labute approximate surface area is 140 Å². The minimum absolute atomic E-state index is 0.0145. The van der Waals surface area contributed by atoms with Crippen molar-refractivity contribution in [3.05, 3.63) is 59.7 Å². The molecule has 1 N–H and O–H groups in total. The minimum atomic E-state index is -0.0241. The Morgan fingerprint density at radius 3 is 2.75 bits per heavy atom. The van der Waals surface area contributed by atoms with Crippen molar-refractivity contribution in [1.29, 1.82) is 0 Å². The van der Waals surface area contributed by atoms with Crippen molar-refractivity contribution >= 4 is 11.6 Å². The van der Waals surface area contributed by atoms with Gasteiger partial charge in [0.1, 0.15) is 0 Å². The van der Waals surface area contributed by atoms with Gasteiger partial charge in [0.2, 0.25) is 12.7 Å². The van der Waals surface area contributed by atoms with E-state index in [1.54, 1.807) is 0 Å². The molecular weight excluding hydrogens is 304 g/mol. The van der Waals surface area contributed by atoms with E-state index in [0.717, 1.165) is 23.4 Å². The lowest BCUT2D eigenvalue weighted by molar-refractivity contribution is -0.122. The van der Waals surface area contributed by atoms with Crippen LogP contribution in [0.25, 0.3) is 0 Å². The summed E-state index contributed by atoms with van der Waals surface area (Å²) in [6.07, 6.45) is 0.883. The molecule has 5 nitrogen and oxygen atoms in total. The standard InChI is InChI=1S/C19H18N2O3/c1-12(14-7-8-17-18(9-14)24-11-23-17)20-21-19(22)16-10-15(16)13-5-3-2-4-6-13/h2-9,15-16H,10-11H2,1H3,(H,21,22)/b20-12-/t15-,16-/m1/s1. The zero-order valence-corrected chi connectivity index (χ0v) is 13.4. The number of ether oxygens (including phenoxy) is 2. The van der Waals surface area contributed by atoms with Crippen LogP contribution in [0, 0.1) is 5.92 Å². The van der Waals surface area contributed by atoms with E-state index in [1.165, 1.54) is 5.56 Å². The van der Waals surface area contributed by atoms with Gasteiger partial charge in [0.25, 0.3) is 0 Å². The number of nitrogens with one attached hydrogen (secondary N) is 1. The van der Waals surface area contributed by atoms with E-state index in [9.17, 15) is 4.79 Å². The summed E-state index contributed by atoms with van der Waals surface area (Å²) in [7, 11) is 0. The third kappa shape index (κ3) is 2.85. The predicted molar refractivity (Wildman–Crippen MR) is 90.2 cm³/mol. The van der Waals surface area contributed by atoms with Crippen LogP contribution in [0.3, 0.4) is 0 Å². The zero-order chi connectivity index (χ0) is 16.5. The fourth-order valence-corrected chi connectivity index (χ4v) is 2.96. The van der Waals surface area contributed by atoms with Gasteiger partial charge >= 0.3 is 0 Å². The molecule has 1 fully saturated rings. The number of nitrogens with zero attached hydrogens (tertiary/aromatic N) is 1. The summed E-state index contributed by atoms with van der Waals surface area (Å²) >= 11 is 0. The SMILES string of the molecule is C/C(=N/NC(=O)[C@@H]1C[C@@H]1c1ccccc1)c1ccc2c(c1)OCO2. The van der Waals surface area contributed by atoms with Crippen LogP contribution >= 0.6 is 0 Å². The van der Waals surface area contributed by atoms with Gasteiger partial charge in [0.15, 0.2) is 11.5 Å². The van der Waals surface area contributed by atoms with E-state index < -0.39 is 0 Å². The second kappa shape index (κ2) is 6.00. The lowest BCUT2D eigenvalue weighted by Crippen LogP contribution is -2.21. The Morgan fingerprint density at radius 1 is 1.12 bits per heavy atom. The van der Waals surface area contributed by atoms with Crippen LogP contribution in [0.4, 0.5) is 0 Å². The molecule has 5 heteroatoms. The summed E-state index contributed by atoms with van der Waals surface area (Å²) in [6, 6.07) is 15.8. The number of hydrogen-bond acceptors (Lipinski definition) is 4. The molecule has 4 rings (SSSR count). The molecule has 0 spiro atoms. The first kappa shape index (κ1) is 14.8. The monoisotopic (exact) mass is 322 g/mol. The van der Waals surface area contributed by atoms with Crippen LogP contribution in [0.5, 0.6) is 11.5 Å². The molecule has 1 aliphatic heterocycles. The van der Waals surface area contributed by atoms with E-state index >= 15 is 0 Å². The van der Waals surface area contributed by atoms with Crippen LogP contribution in [-0.2, 0) is 4.79 Å². The highest BCUT2D eigenvalue weighted by atomic mass is 16.7. The van der Waals surface area contributed by atoms with Crippen molar-refractivity contribution in [1.82, 2.24) is 5.43 Å². The Hall–Kier alpha value is -2.82. The lowest BCUT2D eigenvalue weighted by Gasteiger charge is -2.04. The predicted octanol–water partition coefficient (Wildman–Crippen LogP) is 3.06. The van der Waals surface area contributed by atoms with E-state index in [4.69, 9.17) is 9.47 Å². The van der Waals surface area contributed by atoms with Crippen molar-refractivity contribution in [2.24, 2.45) is 11.0 Å². The normalized spacial score (nSPS) is 21.5. The molecule has 0 unspecified atom stereocenters. The topological polar surface area (TPSA) is 59.9 Å². The number of fused-ring (bicyclic) bond motifs is 1. The fraction of sp³-hybridized carbons (Fsp3) is 0.263. The van der Waals surface area contributed by atoms with Crippen molar-refractivity contribution in [3.8, 4) is 11.5 Å². The molecule has 1 amide bonds. The molecule has 0 radical (unpaired) electrons. The van der Waals surface area contributed by atoms with Crippen LogP contribution in [0.15, 0.2) is 53.6 Å². The number of carbonyl (C=O) groups is 1. The molecule has 2 aliphatic rings. The summed E-state index contributed by atoms with van der Waals surface area (Å²) in [6.45, 7) is 2.10. The van der Waals surface area contributed by atoms with E-state index in [2.05, 4.69) is 22.7 Å². The average molecular weight is 322 g/mol. The van der Waals surface area contributed by atoms with Gasteiger partial charge in [-0.2, -0.15) is 5.10 Å². The third-order valence-electron chi connectivity index (χ3n) is 4.48. The molecular formula is C19H18N2O3. The largest absolute Gasteiger partial charge is 0.454 e. The maximum absolute atomic E-state index is 12.2. The van der Waals surface area contributed by atoms with E-state index in [-0.39, 0.29) is 18.6 Å². The molecule has 2 aromatic rings. The lowest BCUT2D eigenvalue weighted by atomic mass is 10.1. The molecule has 2 atom stereocenters. The summed E-state index contributed by atoms with van der Waals surface area (Å²) in [4.78, 5) is 12.2. The number of hydrogen-bond donors (Lipinski definition) is 1. The maximum Gasteiger partial charge on any atom is 0.243 e. The molecule has 24 heavy (non-hydrogen) atoms. The number of carbonyl (C=O) groups excluding carboxylic acids is 1. The zero-order valence-electron chi connectivity index (χ0n) is 13.4. The molecule has 0 saturated heterocycles. The van der Waals surface area contributed by atoms with E-state index in [1.807, 2.05) is 43.3 Å². The van der Waals surface area contributed by atoms with Crippen molar-refractivity contribution in [3.63, 3.8) is 0 Å². The number of hydrazone groups is 1. The molecule has 1 heterocycles. The quantitative estimate of drug-likeness (QED) is 0.695. The highest BCUT2D eigenvalue weighted by Gasteiger charge is 2.43. The highest BCUT2D eigenvalue weighted by Crippen LogP contribution is 2.47. The highest BCUT2D eigenvalue weighted by molar-refractivity contribution is 6.00. The Morgan fingerprint density at radius 2 is 1.92 bits per heavy atom. The first-order valence-electron chi connectivity index (χ1n) is 8.01. The van der Waals surface area contributed by atoms with Gasteiger partial charge in [-0.3, -0.25) is 4.79 Å². The second-order valence-electron chi connectivity index (χ2n) is 6.10. The molecule has 1 saturated carbocycles. The molecule has 0 aromatic heterocycles. The molecule has 122 valence electrons. The molecule has 2 aromatic carbocycles. The number of amides is 1. The van der Waals surface area contributed by atoms with Gasteiger partial charge < -0.3 is 9.47 Å². The number of benzene rings is 2. The first-order valence-corrected chi connectivity index (χ1v) is 8.01. The Bertz CT molecular complexity index is 802. The second-order valence-corrected chi connectivity index (χ2v) is 6.10. The van der Waals surface area contributed by atoms with E-state index in [0.29, 0.717) is 11.7 Å². The van der Waals surface area contributed by atoms with Crippen LogP contribution < -0.4 is 14.9 Å². The minimum Gasteiger partial charge on any atom is -0.454 e. The Balaban J connectivity index is 1.39. The van der Waals surface area contributed by atoms with Crippen LogP contribution in [-0.4, -0.2) is 18.4 Å². The van der Waals surface area contributed by atoms with Crippen LogP contribution in [0.1, 0.15) is 30.4 Å². The maximum atomic E-state index is 12.2. The molecule has 1 aliphatic carbocycles.